The Balaban J connectivity index is 1.85. The second kappa shape index (κ2) is 6.66. The van der Waals surface area contributed by atoms with E-state index in [1.165, 1.54) is 6.07 Å². The lowest BCUT2D eigenvalue weighted by Gasteiger charge is -2.12. The minimum Gasteiger partial charge on any atom is -0.387 e. The van der Waals surface area contributed by atoms with Gasteiger partial charge in [-0.2, -0.15) is 0 Å². The lowest BCUT2D eigenvalue weighted by Crippen LogP contribution is -2.21. The van der Waals surface area contributed by atoms with Gasteiger partial charge in [0.1, 0.15) is 5.82 Å². The summed E-state index contributed by atoms with van der Waals surface area (Å²) in [5, 5.41) is 13.2. The highest BCUT2D eigenvalue weighted by Gasteiger charge is 2.06. The third-order valence-electron chi connectivity index (χ3n) is 2.84. The Kier molecular flexibility index (Phi) is 4.91. The van der Waals surface area contributed by atoms with Gasteiger partial charge in [-0.15, -0.1) is 0 Å². The summed E-state index contributed by atoms with van der Waals surface area (Å²) >= 11 is 5.70. The maximum absolute atomic E-state index is 13.0. The molecule has 0 spiro atoms. The average Bonchev–Trinajstić information content (AvgIpc) is 2.43. The second-order valence-electron chi connectivity index (χ2n) is 4.31. The average molecular weight is 280 g/mol. The van der Waals surface area contributed by atoms with Gasteiger partial charge in [-0.05, 0) is 23.3 Å². The molecule has 0 radical (unpaired) electrons. The molecule has 2 N–H and O–H groups in total. The van der Waals surface area contributed by atoms with Crippen LogP contribution < -0.4 is 5.32 Å². The van der Waals surface area contributed by atoms with Gasteiger partial charge < -0.3 is 10.4 Å². The Labute approximate surface area is 116 Å². The number of hydrogen-bond acceptors (Lipinski definition) is 2. The minimum atomic E-state index is -0.558. The molecule has 0 heterocycles. The van der Waals surface area contributed by atoms with E-state index in [1.54, 1.807) is 12.1 Å². The Morgan fingerprint density at radius 1 is 1.16 bits per heavy atom. The van der Waals surface area contributed by atoms with Gasteiger partial charge in [-0.25, -0.2) is 4.39 Å². The van der Waals surface area contributed by atoms with Crippen molar-refractivity contribution in [2.45, 2.75) is 12.6 Å². The highest BCUT2D eigenvalue weighted by Crippen LogP contribution is 2.16. The van der Waals surface area contributed by atoms with Gasteiger partial charge in [-0.3, -0.25) is 0 Å². The number of aliphatic hydroxyl groups excluding tert-OH is 1. The summed E-state index contributed by atoms with van der Waals surface area (Å²) in [5.74, 6) is -0.422. The molecule has 4 heteroatoms. The van der Waals surface area contributed by atoms with Crippen LogP contribution in [0.4, 0.5) is 4.39 Å². The number of rotatable bonds is 5. The summed E-state index contributed by atoms with van der Waals surface area (Å²) in [6, 6.07) is 14.0. The van der Waals surface area contributed by atoms with Gasteiger partial charge in [0.25, 0.3) is 0 Å². The third-order valence-corrected chi connectivity index (χ3v) is 3.12. The molecule has 0 aromatic heterocycles. The summed E-state index contributed by atoms with van der Waals surface area (Å²) in [6.07, 6.45) is -0.558. The molecule has 0 saturated carbocycles. The molecule has 0 fully saturated rings. The molecule has 19 heavy (non-hydrogen) atoms. The molecule has 0 aliphatic heterocycles. The zero-order valence-electron chi connectivity index (χ0n) is 10.3. The Morgan fingerprint density at radius 2 is 1.89 bits per heavy atom. The van der Waals surface area contributed by atoms with E-state index < -0.39 is 11.9 Å². The van der Waals surface area contributed by atoms with E-state index in [4.69, 9.17) is 11.6 Å². The third kappa shape index (κ3) is 4.03. The first-order valence-electron chi connectivity index (χ1n) is 6.04. The van der Waals surface area contributed by atoms with Crippen LogP contribution in [0.1, 0.15) is 17.2 Å². The van der Waals surface area contributed by atoms with E-state index in [0.29, 0.717) is 13.1 Å². The van der Waals surface area contributed by atoms with E-state index in [-0.39, 0.29) is 5.02 Å². The van der Waals surface area contributed by atoms with Crippen molar-refractivity contribution in [1.29, 1.82) is 0 Å². The monoisotopic (exact) mass is 279 g/mol. The molecule has 1 unspecified atom stereocenters. The van der Waals surface area contributed by atoms with E-state index in [2.05, 4.69) is 5.32 Å². The van der Waals surface area contributed by atoms with E-state index >= 15 is 0 Å². The molecule has 0 amide bonds. The first-order valence-corrected chi connectivity index (χ1v) is 6.42. The summed E-state index contributed by atoms with van der Waals surface area (Å²) in [6.45, 7) is 0.961. The van der Waals surface area contributed by atoms with Gasteiger partial charge >= 0.3 is 0 Å². The summed E-state index contributed by atoms with van der Waals surface area (Å²) in [5.41, 5.74) is 1.75. The molecule has 0 saturated heterocycles. The maximum atomic E-state index is 13.0. The van der Waals surface area contributed by atoms with Crippen LogP contribution >= 0.6 is 11.6 Å². The smallest absolute Gasteiger partial charge is 0.141 e. The van der Waals surface area contributed by atoms with Crippen LogP contribution in [0.3, 0.4) is 0 Å². The Bertz CT molecular complexity index is 533. The van der Waals surface area contributed by atoms with E-state index in [1.807, 2.05) is 30.3 Å². The topological polar surface area (TPSA) is 32.3 Å². The second-order valence-corrected chi connectivity index (χ2v) is 4.71. The molecule has 2 nitrogen and oxygen atoms in total. The number of benzene rings is 2. The van der Waals surface area contributed by atoms with Crippen LogP contribution in [-0.4, -0.2) is 11.7 Å². The molecule has 0 aliphatic rings. The number of halogens is 2. The van der Waals surface area contributed by atoms with Crippen LogP contribution in [0, 0.1) is 5.82 Å². The number of nitrogens with one attached hydrogen (secondary N) is 1. The van der Waals surface area contributed by atoms with Crippen molar-refractivity contribution in [2.24, 2.45) is 0 Å². The standard InChI is InChI=1S/C15H15ClFNO/c16-13-8-11(6-7-14(13)17)9-18-10-15(19)12-4-2-1-3-5-12/h1-8,15,18-19H,9-10H2. The normalized spacial score (nSPS) is 12.4. The van der Waals surface area contributed by atoms with Gasteiger partial charge in [0.05, 0.1) is 11.1 Å². The lowest BCUT2D eigenvalue weighted by molar-refractivity contribution is 0.174. The predicted molar refractivity (Wildman–Crippen MR) is 74.5 cm³/mol. The largest absolute Gasteiger partial charge is 0.387 e. The lowest BCUT2D eigenvalue weighted by atomic mass is 10.1. The van der Waals surface area contributed by atoms with Crippen LogP contribution in [-0.2, 0) is 6.54 Å². The fourth-order valence-electron chi connectivity index (χ4n) is 1.80. The van der Waals surface area contributed by atoms with Gasteiger partial charge in [-0.1, -0.05) is 48.0 Å². The highest BCUT2D eigenvalue weighted by molar-refractivity contribution is 6.30. The highest BCUT2D eigenvalue weighted by atomic mass is 35.5. The fourth-order valence-corrected chi connectivity index (χ4v) is 2.00. The molecular weight excluding hydrogens is 265 g/mol. The first-order chi connectivity index (χ1) is 9.16. The van der Waals surface area contributed by atoms with Crippen LogP contribution in [0.15, 0.2) is 48.5 Å². The van der Waals surface area contributed by atoms with E-state index in [0.717, 1.165) is 11.1 Å². The SMILES string of the molecule is OC(CNCc1ccc(F)c(Cl)c1)c1ccccc1. The molecule has 100 valence electrons. The molecule has 1 atom stereocenters. The molecule has 0 bridgehead atoms. The summed E-state index contributed by atoms with van der Waals surface area (Å²) < 4.78 is 13.0. The zero-order chi connectivity index (χ0) is 13.7. The summed E-state index contributed by atoms with van der Waals surface area (Å²) in [4.78, 5) is 0. The predicted octanol–water partition coefficient (Wildman–Crippen LogP) is 3.30. The fraction of sp³-hybridized carbons (Fsp3) is 0.200. The van der Waals surface area contributed by atoms with Gasteiger partial charge in [0.15, 0.2) is 0 Å². The maximum Gasteiger partial charge on any atom is 0.141 e. The molecule has 2 aromatic carbocycles. The van der Waals surface area contributed by atoms with Crippen LogP contribution in [0.5, 0.6) is 0 Å². The quantitative estimate of drug-likeness (QED) is 0.880. The molecule has 0 aliphatic carbocycles. The molecule has 2 rings (SSSR count). The Morgan fingerprint density at radius 3 is 2.58 bits per heavy atom. The van der Waals surface area contributed by atoms with Crippen molar-refractivity contribution in [1.82, 2.24) is 5.32 Å². The number of aliphatic hydroxyl groups is 1. The molecule has 2 aromatic rings. The van der Waals surface area contributed by atoms with Gasteiger partial charge in [0, 0.05) is 13.1 Å². The van der Waals surface area contributed by atoms with Crippen molar-refractivity contribution in [3.63, 3.8) is 0 Å². The minimum absolute atomic E-state index is 0.114. The van der Waals surface area contributed by atoms with E-state index in [9.17, 15) is 9.50 Å². The van der Waals surface area contributed by atoms with Crippen molar-refractivity contribution in [3.05, 3.63) is 70.5 Å². The molecular formula is C15H15ClFNO. The summed E-state index contributed by atoms with van der Waals surface area (Å²) in [7, 11) is 0. The van der Waals surface area contributed by atoms with Crippen molar-refractivity contribution >= 4 is 11.6 Å². The number of hydrogen-bond donors (Lipinski definition) is 2. The zero-order valence-corrected chi connectivity index (χ0v) is 11.1. The van der Waals surface area contributed by atoms with Crippen molar-refractivity contribution < 1.29 is 9.50 Å². The first kappa shape index (κ1) is 14.0. The van der Waals surface area contributed by atoms with Crippen LogP contribution in [0.2, 0.25) is 5.02 Å². The van der Waals surface area contributed by atoms with Crippen molar-refractivity contribution in [2.75, 3.05) is 6.54 Å². The van der Waals surface area contributed by atoms with Gasteiger partial charge in [0.2, 0.25) is 0 Å². The Hall–Kier alpha value is -1.42. The van der Waals surface area contributed by atoms with Crippen LogP contribution in [0.25, 0.3) is 0 Å². The van der Waals surface area contributed by atoms with Crippen molar-refractivity contribution in [3.8, 4) is 0 Å².